The molecule has 2 saturated heterocycles. The summed E-state index contributed by atoms with van der Waals surface area (Å²) in [5.41, 5.74) is 1.24. The van der Waals surface area contributed by atoms with Crippen LogP contribution >= 0.6 is 0 Å². The highest BCUT2D eigenvalue weighted by atomic mass is 16.5. The summed E-state index contributed by atoms with van der Waals surface area (Å²) in [7, 11) is 1.66. The van der Waals surface area contributed by atoms with Crippen LogP contribution < -0.4 is 9.47 Å². The van der Waals surface area contributed by atoms with E-state index in [0.29, 0.717) is 12.3 Å². The lowest BCUT2D eigenvalue weighted by Gasteiger charge is -2.31. The highest BCUT2D eigenvalue weighted by Gasteiger charge is 2.20. The molecule has 2 N–H and O–H groups in total. The minimum absolute atomic E-state index is 0.193. The molecule has 2 aliphatic heterocycles. The van der Waals surface area contributed by atoms with Gasteiger partial charge >= 0.3 is 0 Å². The maximum atomic E-state index is 10.3. The van der Waals surface area contributed by atoms with E-state index in [0.717, 1.165) is 38.2 Å². The van der Waals surface area contributed by atoms with Gasteiger partial charge in [-0.3, -0.25) is 4.90 Å². The highest BCUT2D eigenvalue weighted by Crippen LogP contribution is 2.29. The lowest BCUT2D eigenvalue weighted by Crippen LogP contribution is -2.41. The van der Waals surface area contributed by atoms with Crippen molar-refractivity contribution in [3.8, 4) is 11.5 Å². The quantitative estimate of drug-likeness (QED) is 0.692. The fourth-order valence-corrected chi connectivity index (χ4v) is 4.30. The summed E-state index contributed by atoms with van der Waals surface area (Å²) < 4.78 is 11.4. The van der Waals surface area contributed by atoms with Crippen molar-refractivity contribution in [3.63, 3.8) is 0 Å². The Bertz CT molecular complexity index is 597. The first-order chi connectivity index (χ1) is 14.1. The number of hydrogen-bond donors (Lipinski definition) is 2. The molecule has 29 heavy (non-hydrogen) atoms. The standard InChI is InChI=1S/C23H38N2O4/c1-28-23-15-19(16-24-11-5-3-2-4-6-12-24)7-8-22(23)29-18-21(27)17-25-13-9-20(26)10-14-25/h7-8,15,20-21,26-27H,2-6,9-14,16-18H2,1H3. The molecule has 0 radical (unpaired) electrons. The van der Waals surface area contributed by atoms with Gasteiger partial charge in [-0.25, -0.2) is 0 Å². The van der Waals surface area contributed by atoms with E-state index in [1.54, 1.807) is 7.11 Å². The number of benzene rings is 1. The normalized spacial score (nSPS) is 21.3. The molecular weight excluding hydrogens is 368 g/mol. The molecule has 1 aromatic carbocycles. The van der Waals surface area contributed by atoms with Gasteiger partial charge < -0.3 is 24.6 Å². The summed E-state index contributed by atoms with van der Waals surface area (Å²) >= 11 is 0. The van der Waals surface area contributed by atoms with Gasteiger partial charge in [-0.15, -0.1) is 0 Å². The Morgan fingerprint density at radius 1 is 0.966 bits per heavy atom. The van der Waals surface area contributed by atoms with Crippen molar-refractivity contribution >= 4 is 0 Å². The average molecular weight is 407 g/mol. The molecule has 0 spiro atoms. The van der Waals surface area contributed by atoms with E-state index in [4.69, 9.17) is 9.47 Å². The molecule has 0 aromatic heterocycles. The first-order valence-electron chi connectivity index (χ1n) is 11.2. The minimum atomic E-state index is -0.560. The minimum Gasteiger partial charge on any atom is -0.493 e. The van der Waals surface area contributed by atoms with Gasteiger partial charge in [0.05, 0.1) is 13.2 Å². The van der Waals surface area contributed by atoms with Gasteiger partial charge in [-0.05, 0) is 56.5 Å². The second-order valence-electron chi connectivity index (χ2n) is 8.53. The van der Waals surface area contributed by atoms with E-state index in [9.17, 15) is 10.2 Å². The van der Waals surface area contributed by atoms with Gasteiger partial charge in [0, 0.05) is 26.2 Å². The van der Waals surface area contributed by atoms with Crippen molar-refractivity contribution < 1.29 is 19.7 Å². The monoisotopic (exact) mass is 406 g/mol. The molecule has 6 nitrogen and oxygen atoms in total. The molecule has 1 unspecified atom stereocenters. The van der Waals surface area contributed by atoms with E-state index in [-0.39, 0.29) is 12.7 Å². The number of likely N-dealkylation sites (tertiary alicyclic amines) is 2. The average Bonchev–Trinajstić information content (AvgIpc) is 2.70. The molecular formula is C23H38N2O4. The first-order valence-corrected chi connectivity index (χ1v) is 11.2. The number of piperidine rings is 1. The Balaban J connectivity index is 1.49. The van der Waals surface area contributed by atoms with Crippen LogP contribution in [0, 0.1) is 0 Å². The van der Waals surface area contributed by atoms with Crippen LogP contribution in [-0.4, -0.2) is 78.7 Å². The molecule has 0 amide bonds. The zero-order chi connectivity index (χ0) is 20.5. The Hall–Kier alpha value is -1.34. The molecule has 1 atom stereocenters. The molecule has 164 valence electrons. The van der Waals surface area contributed by atoms with Gasteiger partial charge in [0.15, 0.2) is 11.5 Å². The second-order valence-corrected chi connectivity index (χ2v) is 8.53. The Labute approximate surface area is 175 Å². The molecule has 0 aliphatic carbocycles. The summed E-state index contributed by atoms with van der Waals surface area (Å²) in [6.45, 7) is 5.74. The molecule has 0 saturated carbocycles. The lowest BCUT2D eigenvalue weighted by atomic mass is 10.1. The van der Waals surface area contributed by atoms with Crippen molar-refractivity contribution in [2.24, 2.45) is 0 Å². The van der Waals surface area contributed by atoms with Gasteiger partial charge in [0.2, 0.25) is 0 Å². The maximum Gasteiger partial charge on any atom is 0.161 e. The van der Waals surface area contributed by atoms with Crippen molar-refractivity contribution in [3.05, 3.63) is 23.8 Å². The predicted octanol–water partition coefficient (Wildman–Crippen LogP) is 2.66. The highest BCUT2D eigenvalue weighted by molar-refractivity contribution is 5.43. The Morgan fingerprint density at radius 2 is 1.66 bits per heavy atom. The van der Waals surface area contributed by atoms with Gasteiger partial charge in [-0.1, -0.05) is 25.3 Å². The number of methoxy groups -OCH3 is 1. The van der Waals surface area contributed by atoms with Crippen LogP contribution in [0.5, 0.6) is 11.5 Å². The predicted molar refractivity (Wildman–Crippen MR) is 115 cm³/mol. The van der Waals surface area contributed by atoms with Crippen LogP contribution in [0.4, 0.5) is 0 Å². The van der Waals surface area contributed by atoms with Gasteiger partial charge in [-0.2, -0.15) is 0 Å². The summed E-state index contributed by atoms with van der Waals surface area (Å²) in [6.07, 6.45) is 7.42. The van der Waals surface area contributed by atoms with E-state index in [1.807, 2.05) is 6.07 Å². The van der Waals surface area contributed by atoms with Gasteiger partial charge in [0.25, 0.3) is 0 Å². The second kappa shape index (κ2) is 11.7. The van der Waals surface area contributed by atoms with Crippen LogP contribution in [0.3, 0.4) is 0 Å². The summed E-state index contributed by atoms with van der Waals surface area (Å²) in [6, 6.07) is 6.13. The number of nitrogens with zero attached hydrogens (tertiary/aromatic N) is 2. The Morgan fingerprint density at radius 3 is 2.34 bits per heavy atom. The van der Waals surface area contributed by atoms with Crippen LogP contribution in [0.1, 0.15) is 50.5 Å². The van der Waals surface area contributed by atoms with Crippen molar-refractivity contribution in [1.29, 1.82) is 0 Å². The smallest absolute Gasteiger partial charge is 0.161 e. The largest absolute Gasteiger partial charge is 0.493 e. The number of ether oxygens (including phenoxy) is 2. The van der Waals surface area contributed by atoms with E-state index in [1.165, 1.54) is 50.8 Å². The van der Waals surface area contributed by atoms with Crippen LogP contribution in [0.15, 0.2) is 18.2 Å². The van der Waals surface area contributed by atoms with Crippen molar-refractivity contribution in [1.82, 2.24) is 9.80 Å². The van der Waals surface area contributed by atoms with E-state index < -0.39 is 6.10 Å². The van der Waals surface area contributed by atoms with Crippen molar-refractivity contribution in [2.45, 2.75) is 63.7 Å². The fourth-order valence-electron chi connectivity index (χ4n) is 4.30. The summed E-state index contributed by atoms with van der Waals surface area (Å²) in [5.74, 6) is 1.40. The fraction of sp³-hybridized carbons (Fsp3) is 0.739. The number of β-amino-alcohol motifs (C(OH)–C–C–N with tert-alkyl or cyclic N) is 1. The molecule has 1 aromatic rings. The number of aliphatic hydroxyl groups excluding tert-OH is 2. The molecule has 6 heteroatoms. The SMILES string of the molecule is COc1cc(CN2CCCCCCC2)ccc1OCC(O)CN1CCC(O)CC1. The number of aliphatic hydroxyl groups is 2. The molecule has 3 rings (SSSR count). The topological polar surface area (TPSA) is 65.4 Å². The van der Waals surface area contributed by atoms with Crippen LogP contribution in [-0.2, 0) is 6.54 Å². The molecule has 2 aliphatic rings. The van der Waals surface area contributed by atoms with Crippen LogP contribution in [0.25, 0.3) is 0 Å². The maximum absolute atomic E-state index is 10.3. The number of hydrogen-bond acceptors (Lipinski definition) is 6. The van der Waals surface area contributed by atoms with Crippen molar-refractivity contribution in [2.75, 3.05) is 46.4 Å². The summed E-state index contributed by atoms with van der Waals surface area (Å²) in [5, 5.41) is 19.9. The first kappa shape index (κ1) is 22.3. The third-order valence-corrected chi connectivity index (χ3v) is 6.04. The van der Waals surface area contributed by atoms with E-state index in [2.05, 4.69) is 21.9 Å². The number of rotatable bonds is 8. The summed E-state index contributed by atoms with van der Waals surface area (Å²) in [4.78, 5) is 4.72. The van der Waals surface area contributed by atoms with E-state index >= 15 is 0 Å². The third-order valence-electron chi connectivity index (χ3n) is 6.04. The zero-order valence-corrected chi connectivity index (χ0v) is 17.9. The van der Waals surface area contributed by atoms with Gasteiger partial charge in [0.1, 0.15) is 12.7 Å². The molecule has 2 fully saturated rings. The molecule has 0 bridgehead atoms. The zero-order valence-electron chi connectivity index (χ0n) is 17.9. The van der Waals surface area contributed by atoms with Crippen LogP contribution in [0.2, 0.25) is 0 Å². The lowest BCUT2D eigenvalue weighted by molar-refractivity contribution is 0.0333. The third kappa shape index (κ3) is 7.45. The Kier molecular flexibility index (Phi) is 9.05. The molecule has 2 heterocycles.